The van der Waals surface area contributed by atoms with E-state index in [-0.39, 0.29) is 0 Å². The number of guanidine groups is 1. The van der Waals surface area contributed by atoms with Crippen LogP contribution in [0.25, 0.3) is 0 Å². The molecule has 28 heavy (non-hydrogen) atoms. The van der Waals surface area contributed by atoms with E-state index in [0.717, 1.165) is 62.0 Å². The fraction of sp³-hybridized carbons (Fsp3) is 0.682. The van der Waals surface area contributed by atoms with Gasteiger partial charge in [-0.15, -0.1) is 0 Å². The van der Waals surface area contributed by atoms with Gasteiger partial charge in [0.15, 0.2) is 5.96 Å². The van der Waals surface area contributed by atoms with Crippen LogP contribution in [0, 0.1) is 0 Å². The Hall–Kier alpha value is -1.95. The minimum absolute atomic E-state index is 0.389. The second-order valence-corrected chi connectivity index (χ2v) is 6.90. The topological polar surface area (TPSA) is 58.1 Å². The smallest absolute Gasteiger partial charge is 0.191 e. The van der Waals surface area contributed by atoms with E-state index in [1.807, 2.05) is 18.2 Å². The molecule has 1 atom stereocenters. The highest BCUT2D eigenvalue weighted by molar-refractivity contribution is 5.80. The number of aliphatic imine (C=N–C) groups is 1. The van der Waals surface area contributed by atoms with E-state index < -0.39 is 0 Å². The quantitative estimate of drug-likeness (QED) is 0.398. The standard InChI is InChI=1S/C22H40N4O2/c1-7-23-22(25-18(4)11-10-16-26(8-2)9-3)24-15-14-19-17-20(27-5)12-13-21(19)28-6/h12-13,17-18H,7-11,14-16H2,1-6H3,(H2,23,24,25). The van der Waals surface area contributed by atoms with Crippen molar-refractivity contribution in [3.05, 3.63) is 23.8 Å². The molecular formula is C22H40N4O2. The number of rotatable bonds is 13. The second-order valence-electron chi connectivity index (χ2n) is 6.90. The Morgan fingerprint density at radius 1 is 1.14 bits per heavy atom. The SMILES string of the molecule is CCNC(=NCCc1cc(OC)ccc1OC)NC(C)CCCN(CC)CC. The highest BCUT2D eigenvalue weighted by atomic mass is 16.5. The average molecular weight is 393 g/mol. The van der Waals surface area contributed by atoms with Crippen LogP contribution in [0.3, 0.4) is 0 Å². The molecule has 0 fully saturated rings. The third-order valence-electron chi connectivity index (χ3n) is 4.87. The van der Waals surface area contributed by atoms with Crippen LogP contribution in [0.4, 0.5) is 0 Å². The Bertz CT molecular complexity index is 574. The van der Waals surface area contributed by atoms with E-state index in [1.54, 1.807) is 14.2 Å². The summed E-state index contributed by atoms with van der Waals surface area (Å²) in [6.45, 7) is 13.7. The molecule has 0 saturated carbocycles. The molecule has 1 unspecified atom stereocenters. The van der Waals surface area contributed by atoms with Crippen LogP contribution in [-0.2, 0) is 6.42 Å². The van der Waals surface area contributed by atoms with Gasteiger partial charge in [-0.05, 0) is 76.5 Å². The lowest BCUT2D eigenvalue weighted by atomic mass is 10.1. The average Bonchev–Trinajstić information content (AvgIpc) is 2.71. The van der Waals surface area contributed by atoms with Gasteiger partial charge in [-0.3, -0.25) is 4.99 Å². The van der Waals surface area contributed by atoms with Gasteiger partial charge < -0.3 is 25.0 Å². The van der Waals surface area contributed by atoms with Gasteiger partial charge in [0.1, 0.15) is 11.5 Å². The van der Waals surface area contributed by atoms with Gasteiger partial charge in [-0.1, -0.05) is 13.8 Å². The molecule has 0 saturated heterocycles. The Kier molecular flexibility index (Phi) is 12.1. The molecule has 0 aliphatic heterocycles. The number of hydrogen-bond acceptors (Lipinski definition) is 4. The van der Waals surface area contributed by atoms with Crippen LogP contribution >= 0.6 is 0 Å². The van der Waals surface area contributed by atoms with Crippen molar-refractivity contribution < 1.29 is 9.47 Å². The van der Waals surface area contributed by atoms with Crippen molar-refractivity contribution >= 4 is 5.96 Å². The molecular weight excluding hydrogens is 352 g/mol. The lowest BCUT2D eigenvalue weighted by molar-refractivity contribution is 0.292. The molecule has 1 aromatic carbocycles. The van der Waals surface area contributed by atoms with Crippen molar-refractivity contribution in [2.24, 2.45) is 4.99 Å². The fourth-order valence-electron chi connectivity index (χ4n) is 3.15. The highest BCUT2D eigenvalue weighted by Crippen LogP contribution is 2.24. The maximum absolute atomic E-state index is 5.46. The zero-order valence-electron chi connectivity index (χ0n) is 18.7. The molecule has 0 spiro atoms. The zero-order valence-corrected chi connectivity index (χ0v) is 18.7. The van der Waals surface area contributed by atoms with Crippen LogP contribution in [0.2, 0.25) is 0 Å². The molecule has 160 valence electrons. The minimum Gasteiger partial charge on any atom is -0.497 e. The van der Waals surface area contributed by atoms with Crippen molar-refractivity contribution in [1.82, 2.24) is 15.5 Å². The van der Waals surface area contributed by atoms with Crippen LogP contribution in [-0.4, -0.2) is 63.8 Å². The van der Waals surface area contributed by atoms with E-state index in [0.29, 0.717) is 12.6 Å². The van der Waals surface area contributed by atoms with Gasteiger partial charge >= 0.3 is 0 Å². The number of ether oxygens (including phenoxy) is 2. The van der Waals surface area contributed by atoms with Gasteiger partial charge in [-0.25, -0.2) is 0 Å². The normalized spacial score (nSPS) is 12.8. The first kappa shape index (κ1) is 24.1. The van der Waals surface area contributed by atoms with Crippen LogP contribution in [0.1, 0.15) is 46.1 Å². The van der Waals surface area contributed by atoms with Crippen molar-refractivity contribution in [3.8, 4) is 11.5 Å². The first-order chi connectivity index (χ1) is 13.6. The summed E-state index contributed by atoms with van der Waals surface area (Å²) < 4.78 is 10.8. The summed E-state index contributed by atoms with van der Waals surface area (Å²) in [6, 6.07) is 6.26. The number of methoxy groups -OCH3 is 2. The van der Waals surface area contributed by atoms with E-state index in [9.17, 15) is 0 Å². The van der Waals surface area contributed by atoms with Crippen molar-refractivity contribution in [2.45, 2.75) is 53.0 Å². The van der Waals surface area contributed by atoms with E-state index in [1.165, 1.54) is 6.42 Å². The summed E-state index contributed by atoms with van der Waals surface area (Å²) in [4.78, 5) is 7.21. The number of hydrogen-bond donors (Lipinski definition) is 2. The summed E-state index contributed by atoms with van der Waals surface area (Å²) in [5, 5.41) is 6.87. The van der Waals surface area contributed by atoms with Crippen LogP contribution in [0.5, 0.6) is 11.5 Å². The molecule has 0 aromatic heterocycles. The second kappa shape index (κ2) is 14.1. The third kappa shape index (κ3) is 8.83. The predicted molar refractivity (Wildman–Crippen MR) is 119 cm³/mol. The molecule has 6 heteroatoms. The maximum atomic E-state index is 5.46. The van der Waals surface area contributed by atoms with Crippen molar-refractivity contribution in [3.63, 3.8) is 0 Å². The molecule has 2 N–H and O–H groups in total. The predicted octanol–water partition coefficient (Wildman–Crippen LogP) is 3.31. The molecule has 0 amide bonds. The molecule has 0 radical (unpaired) electrons. The number of benzene rings is 1. The fourth-order valence-corrected chi connectivity index (χ4v) is 3.15. The molecule has 0 aliphatic carbocycles. The van der Waals surface area contributed by atoms with Gasteiger partial charge in [-0.2, -0.15) is 0 Å². The summed E-state index contributed by atoms with van der Waals surface area (Å²) in [5.74, 6) is 2.59. The lowest BCUT2D eigenvalue weighted by Gasteiger charge is -2.21. The third-order valence-corrected chi connectivity index (χ3v) is 4.87. The monoisotopic (exact) mass is 392 g/mol. The summed E-state index contributed by atoms with van der Waals surface area (Å²) in [7, 11) is 3.37. The number of nitrogens with one attached hydrogen (secondary N) is 2. The Balaban J connectivity index is 2.57. The molecule has 6 nitrogen and oxygen atoms in total. The number of nitrogens with zero attached hydrogens (tertiary/aromatic N) is 2. The summed E-state index contributed by atoms with van der Waals surface area (Å²) in [6.07, 6.45) is 3.12. The minimum atomic E-state index is 0.389. The van der Waals surface area contributed by atoms with E-state index in [2.05, 4.69) is 43.2 Å². The first-order valence-corrected chi connectivity index (χ1v) is 10.6. The van der Waals surface area contributed by atoms with Crippen molar-refractivity contribution in [1.29, 1.82) is 0 Å². The van der Waals surface area contributed by atoms with Crippen LogP contribution < -0.4 is 20.1 Å². The molecule has 1 rings (SSSR count). The maximum Gasteiger partial charge on any atom is 0.191 e. The van der Waals surface area contributed by atoms with Gasteiger partial charge in [0.25, 0.3) is 0 Å². The molecule has 1 aromatic rings. The lowest BCUT2D eigenvalue weighted by Crippen LogP contribution is -2.42. The first-order valence-electron chi connectivity index (χ1n) is 10.6. The Labute approximate surface area is 171 Å². The molecule has 0 aliphatic rings. The zero-order chi connectivity index (χ0) is 20.8. The molecule has 0 heterocycles. The van der Waals surface area contributed by atoms with Gasteiger partial charge in [0.05, 0.1) is 14.2 Å². The van der Waals surface area contributed by atoms with E-state index in [4.69, 9.17) is 14.5 Å². The van der Waals surface area contributed by atoms with E-state index >= 15 is 0 Å². The summed E-state index contributed by atoms with van der Waals surface area (Å²) >= 11 is 0. The Morgan fingerprint density at radius 2 is 1.89 bits per heavy atom. The van der Waals surface area contributed by atoms with Crippen LogP contribution in [0.15, 0.2) is 23.2 Å². The largest absolute Gasteiger partial charge is 0.497 e. The highest BCUT2D eigenvalue weighted by Gasteiger charge is 2.08. The summed E-state index contributed by atoms with van der Waals surface area (Å²) in [5.41, 5.74) is 1.11. The van der Waals surface area contributed by atoms with Gasteiger partial charge in [0.2, 0.25) is 0 Å². The molecule has 0 bridgehead atoms. The van der Waals surface area contributed by atoms with Crippen molar-refractivity contribution in [2.75, 3.05) is 46.9 Å². The Morgan fingerprint density at radius 3 is 2.50 bits per heavy atom. The van der Waals surface area contributed by atoms with Gasteiger partial charge in [0, 0.05) is 19.1 Å².